The van der Waals surface area contributed by atoms with E-state index in [-0.39, 0.29) is 24.4 Å². The first kappa shape index (κ1) is 17.8. The van der Waals surface area contributed by atoms with Gasteiger partial charge in [-0.2, -0.15) is 0 Å². The van der Waals surface area contributed by atoms with Gasteiger partial charge in [0.25, 0.3) is 0 Å². The number of hydrogen-bond donors (Lipinski definition) is 2. The summed E-state index contributed by atoms with van der Waals surface area (Å²) in [7, 11) is 0. The smallest absolute Gasteiger partial charge is 0.317 e. The van der Waals surface area contributed by atoms with Gasteiger partial charge in [0.15, 0.2) is 0 Å². The second-order valence-corrected chi connectivity index (χ2v) is 5.99. The van der Waals surface area contributed by atoms with Gasteiger partial charge in [0.05, 0.1) is 12.6 Å². The summed E-state index contributed by atoms with van der Waals surface area (Å²) in [6.07, 6.45) is 1.73. The minimum absolute atomic E-state index is 0.00851. The van der Waals surface area contributed by atoms with Crippen LogP contribution in [-0.2, 0) is 9.53 Å². The SMILES string of the molecule is CCOCC(NC(=O)N1CCC(CC(=O)O)CC1)C(C)C. The fourth-order valence-electron chi connectivity index (χ4n) is 2.48. The van der Waals surface area contributed by atoms with Crippen LogP contribution in [0.5, 0.6) is 0 Å². The molecule has 1 aliphatic rings. The number of ether oxygens (including phenoxy) is 1. The fraction of sp³-hybridized carbons (Fsp3) is 0.867. The Bertz CT molecular complexity index is 339. The van der Waals surface area contributed by atoms with Gasteiger partial charge in [0, 0.05) is 26.1 Å². The molecule has 0 radical (unpaired) electrons. The number of likely N-dealkylation sites (tertiary alicyclic amines) is 1. The molecule has 0 spiro atoms. The van der Waals surface area contributed by atoms with Crippen LogP contribution in [-0.4, -0.2) is 54.4 Å². The van der Waals surface area contributed by atoms with Crippen molar-refractivity contribution in [1.29, 1.82) is 0 Å². The topological polar surface area (TPSA) is 78.9 Å². The van der Waals surface area contributed by atoms with Gasteiger partial charge in [-0.1, -0.05) is 13.8 Å². The maximum atomic E-state index is 12.2. The summed E-state index contributed by atoms with van der Waals surface area (Å²) >= 11 is 0. The number of nitrogens with one attached hydrogen (secondary N) is 1. The normalized spacial score (nSPS) is 17.8. The highest BCUT2D eigenvalue weighted by molar-refractivity contribution is 5.74. The van der Waals surface area contributed by atoms with E-state index in [1.54, 1.807) is 4.90 Å². The van der Waals surface area contributed by atoms with E-state index in [1.165, 1.54) is 0 Å². The van der Waals surface area contributed by atoms with E-state index in [0.29, 0.717) is 32.2 Å². The van der Waals surface area contributed by atoms with Crippen molar-refractivity contribution >= 4 is 12.0 Å². The minimum atomic E-state index is -0.755. The number of hydrogen-bond acceptors (Lipinski definition) is 3. The molecule has 1 atom stereocenters. The second-order valence-electron chi connectivity index (χ2n) is 5.99. The molecule has 1 heterocycles. The van der Waals surface area contributed by atoms with E-state index >= 15 is 0 Å². The van der Waals surface area contributed by atoms with E-state index in [0.717, 1.165) is 12.8 Å². The summed E-state index contributed by atoms with van der Waals surface area (Å²) in [5, 5.41) is 11.8. The molecule has 0 saturated carbocycles. The van der Waals surface area contributed by atoms with Crippen LogP contribution >= 0.6 is 0 Å². The number of piperidine rings is 1. The summed E-state index contributed by atoms with van der Waals surface area (Å²) < 4.78 is 5.41. The Morgan fingerprint density at radius 1 is 1.33 bits per heavy atom. The van der Waals surface area contributed by atoms with Gasteiger partial charge in [-0.15, -0.1) is 0 Å². The summed E-state index contributed by atoms with van der Waals surface area (Å²) in [5.41, 5.74) is 0. The van der Waals surface area contributed by atoms with E-state index in [2.05, 4.69) is 19.2 Å². The maximum Gasteiger partial charge on any atom is 0.317 e. The van der Waals surface area contributed by atoms with Crippen LogP contribution in [0.2, 0.25) is 0 Å². The third kappa shape index (κ3) is 6.33. The van der Waals surface area contributed by atoms with E-state index < -0.39 is 5.97 Å². The molecule has 0 aromatic heterocycles. The number of carboxylic acids is 1. The molecule has 2 N–H and O–H groups in total. The Morgan fingerprint density at radius 2 is 1.95 bits per heavy atom. The zero-order valence-corrected chi connectivity index (χ0v) is 13.3. The fourth-order valence-corrected chi connectivity index (χ4v) is 2.48. The van der Waals surface area contributed by atoms with Crippen LogP contribution in [0.1, 0.15) is 40.0 Å². The van der Waals surface area contributed by atoms with E-state index in [1.807, 2.05) is 6.92 Å². The Labute approximate surface area is 126 Å². The van der Waals surface area contributed by atoms with Crippen molar-refractivity contribution in [1.82, 2.24) is 10.2 Å². The van der Waals surface area contributed by atoms with Crippen LogP contribution in [0.3, 0.4) is 0 Å². The monoisotopic (exact) mass is 300 g/mol. The number of carbonyl (C=O) groups excluding carboxylic acids is 1. The standard InChI is InChI=1S/C15H28N2O4/c1-4-21-10-13(11(2)3)16-15(20)17-7-5-12(6-8-17)9-14(18)19/h11-13H,4-10H2,1-3H3,(H,16,20)(H,18,19). The maximum absolute atomic E-state index is 12.2. The number of carbonyl (C=O) groups is 2. The number of rotatable bonds is 7. The van der Waals surface area contributed by atoms with Gasteiger partial charge in [0.1, 0.15) is 0 Å². The summed E-state index contributed by atoms with van der Waals surface area (Å²) in [6, 6.07) is -0.0589. The number of amides is 2. The van der Waals surface area contributed by atoms with E-state index in [9.17, 15) is 9.59 Å². The van der Waals surface area contributed by atoms with Gasteiger partial charge < -0.3 is 20.1 Å². The molecule has 6 heteroatoms. The second kappa shape index (κ2) is 8.87. The molecule has 6 nitrogen and oxygen atoms in total. The number of aliphatic carboxylic acids is 1. The molecule has 1 fully saturated rings. The van der Waals surface area contributed by atoms with Crippen molar-refractivity contribution in [3.05, 3.63) is 0 Å². The first-order valence-corrected chi connectivity index (χ1v) is 7.79. The molecule has 1 unspecified atom stereocenters. The van der Waals surface area contributed by atoms with Crippen molar-refractivity contribution in [2.45, 2.75) is 46.1 Å². The molecule has 1 rings (SSSR count). The third-order valence-electron chi connectivity index (χ3n) is 3.98. The highest BCUT2D eigenvalue weighted by Crippen LogP contribution is 2.20. The van der Waals surface area contributed by atoms with Crippen LogP contribution in [0.4, 0.5) is 4.79 Å². The number of nitrogens with zero attached hydrogens (tertiary/aromatic N) is 1. The van der Waals surface area contributed by atoms with Crippen molar-refractivity contribution in [3.63, 3.8) is 0 Å². The molecule has 0 aromatic rings. The Balaban J connectivity index is 2.40. The van der Waals surface area contributed by atoms with Gasteiger partial charge in [0.2, 0.25) is 0 Å². The molecular formula is C15H28N2O4. The Hall–Kier alpha value is -1.30. The lowest BCUT2D eigenvalue weighted by Crippen LogP contribution is -2.50. The van der Waals surface area contributed by atoms with Gasteiger partial charge in [-0.3, -0.25) is 4.79 Å². The predicted molar refractivity (Wildman–Crippen MR) is 80.2 cm³/mol. The van der Waals surface area contributed by atoms with Crippen molar-refractivity contribution < 1.29 is 19.4 Å². The zero-order valence-electron chi connectivity index (χ0n) is 13.3. The number of urea groups is 1. The van der Waals surface area contributed by atoms with E-state index in [4.69, 9.17) is 9.84 Å². The highest BCUT2D eigenvalue weighted by atomic mass is 16.5. The third-order valence-corrected chi connectivity index (χ3v) is 3.98. The molecule has 0 bridgehead atoms. The molecule has 1 saturated heterocycles. The molecule has 0 aromatic carbocycles. The zero-order chi connectivity index (χ0) is 15.8. The lowest BCUT2D eigenvalue weighted by Gasteiger charge is -2.33. The van der Waals surface area contributed by atoms with Gasteiger partial charge in [-0.05, 0) is 31.6 Å². The average Bonchev–Trinajstić information content (AvgIpc) is 2.43. The first-order chi connectivity index (χ1) is 9.93. The molecule has 0 aliphatic carbocycles. The summed E-state index contributed by atoms with van der Waals surface area (Å²) in [4.78, 5) is 24.7. The van der Waals surface area contributed by atoms with Crippen LogP contribution in [0.25, 0.3) is 0 Å². The van der Waals surface area contributed by atoms with Gasteiger partial charge in [-0.25, -0.2) is 4.79 Å². The van der Waals surface area contributed by atoms with Gasteiger partial charge >= 0.3 is 12.0 Å². The van der Waals surface area contributed by atoms with Crippen molar-refractivity contribution in [2.75, 3.05) is 26.3 Å². The summed E-state index contributed by atoms with van der Waals surface area (Å²) in [6.45, 7) is 8.47. The average molecular weight is 300 g/mol. The highest BCUT2D eigenvalue weighted by Gasteiger charge is 2.26. The van der Waals surface area contributed by atoms with Crippen LogP contribution in [0, 0.1) is 11.8 Å². The lowest BCUT2D eigenvalue weighted by molar-refractivity contribution is -0.138. The van der Waals surface area contributed by atoms with Crippen LogP contribution < -0.4 is 5.32 Å². The first-order valence-electron chi connectivity index (χ1n) is 7.79. The molecule has 2 amide bonds. The summed E-state index contributed by atoms with van der Waals surface area (Å²) in [5.74, 6) is -0.254. The molecular weight excluding hydrogens is 272 g/mol. The lowest BCUT2D eigenvalue weighted by atomic mass is 9.94. The molecule has 122 valence electrons. The van der Waals surface area contributed by atoms with Crippen molar-refractivity contribution in [2.24, 2.45) is 11.8 Å². The largest absolute Gasteiger partial charge is 0.481 e. The van der Waals surface area contributed by atoms with Crippen LogP contribution in [0.15, 0.2) is 0 Å². The Morgan fingerprint density at radius 3 is 2.43 bits per heavy atom. The Kier molecular flexibility index (Phi) is 7.50. The quantitative estimate of drug-likeness (QED) is 0.753. The number of carboxylic acid groups (broad SMARTS) is 1. The molecule has 21 heavy (non-hydrogen) atoms. The molecule has 1 aliphatic heterocycles. The minimum Gasteiger partial charge on any atom is -0.481 e. The predicted octanol–water partition coefficient (Wildman–Crippen LogP) is 1.94. The van der Waals surface area contributed by atoms with Crippen molar-refractivity contribution in [3.8, 4) is 0 Å².